The first-order valence-electron chi connectivity index (χ1n) is 4.23. The summed E-state index contributed by atoms with van der Waals surface area (Å²) in [5.74, 6) is 0. The fourth-order valence-corrected chi connectivity index (χ4v) is 1.93. The van der Waals surface area contributed by atoms with Gasteiger partial charge in [0.1, 0.15) is 5.58 Å². The Bertz CT molecular complexity index is 553. The smallest absolute Gasteiger partial charge is 0.152 e. The minimum Gasteiger partial charge on any atom is -0.464 e. The third kappa shape index (κ3) is 1.14. The topological polar surface area (TPSA) is 26.0 Å². The predicted octanol–water partition coefficient (Wildman–Crippen LogP) is 3.36. The van der Waals surface area contributed by atoms with Gasteiger partial charge in [-0.1, -0.05) is 12.1 Å². The van der Waals surface area contributed by atoms with Crippen LogP contribution in [0.25, 0.3) is 22.2 Å². The van der Waals surface area contributed by atoms with Crippen LogP contribution in [0.5, 0.6) is 0 Å². The maximum absolute atomic E-state index is 5.32. The first-order valence-corrected chi connectivity index (χ1v) is 5.11. The van der Waals surface area contributed by atoms with Crippen LogP contribution in [-0.4, -0.2) is 4.98 Å². The predicted molar refractivity (Wildman–Crippen MR) is 56.2 cm³/mol. The van der Waals surface area contributed by atoms with E-state index in [4.69, 9.17) is 4.42 Å². The summed E-state index contributed by atoms with van der Waals surface area (Å²) in [6, 6.07) is 8.03. The van der Waals surface area contributed by atoms with Gasteiger partial charge in [-0.2, -0.15) is 0 Å². The van der Waals surface area contributed by atoms with Gasteiger partial charge in [0, 0.05) is 16.3 Å². The van der Waals surface area contributed by atoms with Crippen LogP contribution in [0, 0.1) is 5.51 Å². The van der Waals surface area contributed by atoms with Crippen molar-refractivity contribution >= 4 is 22.3 Å². The van der Waals surface area contributed by atoms with Crippen molar-refractivity contribution in [3.05, 3.63) is 41.4 Å². The van der Waals surface area contributed by atoms with Crippen molar-refractivity contribution in [3.8, 4) is 11.3 Å². The largest absolute Gasteiger partial charge is 0.464 e. The Morgan fingerprint density at radius 1 is 1.29 bits per heavy atom. The molecule has 0 unspecified atom stereocenters. The normalized spacial score (nSPS) is 10.9. The third-order valence-corrected chi connectivity index (χ3v) is 2.68. The van der Waals surface area contributed by atoms with Crippen LogP contribution in [0.4, 0.5) is 0 Å². The average Bonchev–Trinajstić information content (AvgIpc) is 2.88. The van der Waals surface area contributed by atoms with E-state index in [0.29, 0.717) is 0 Å². The van der Waals surface area contributed by atoms with Crippen LogP contribution < -0.4 is 0 Å². The summed E-state index contributed by atoms with van der Waals surface area (Å²) in [4.78, 5) is 4.13. The van der Waals surface area contributed by atoms with E-state index in [1.165, 1.54) is 11.3 Å². The molecule has 0 amide bonds. The van der Waals surface area contributed by atoms with Gasteiger partial charge < -0.3 is 4.42 Å². The van der Waals surface area contributed by atoms with Crippen LogP contribution in [0.1, 0.15) is 0 Å². The maximum Gasteiger partial charge on any atom is 0.152 e. The minimum absolute atomic E-state index is 0.899. The molecule has 0 spiro atoms. The Hall–Kier alpha value is -1.61. The number of hydrogen-bond acceptors (Lipinski definition) is 3. The molecular formula is C11H6NOS. The van der Waals surface area contributed by atoms with Gasteiger partial charge in [0.05, 0.1) is 12.0 Å². The Kier molecular flexibility index (Phi) is 1.64. The fraction of sp³-hybridized carbons (Fsp3) is 0. The molecule has 1 aromatic carbocycles. The van der Waals surface area contributed by atoms with Gasteiger partial charge in [-0.25, -0.2) is 4.98 Å². The Morgan fingerprint density at radius 3 is 3.14 bits per heavy atom. The lowest BCUT2D eigenvalue weighted by molar-refractivity contribution is 0.616. The van der Waals surface area contributed by atoms with E-state index >= 15 is 0 Å². The summed E-state index contributed by atoms with van der Waals surface area (Å²) < 4.78 is 5.32. The summed E-state index contributed by atoms with van der Waals surface area (Å²) in [5.41, 5.74) is 5.76. The van der Waals surface area contributed by atoms with E-state index in [9.17, 15) is 0 Å². The van der Waals surface area contributed by atoms with Crippen molar-refractivity contribution < 1.29 is 4.42 Å². The first kappa shape index (κ1) is 7.76. The van der Waals surface area contributed by atoms with E-state index in [1.807, 2.05) is 29.6 Å². The number of hydrogen-bond donors (Lipinski definition) is 0. The van der Waals surface area contributed by atoms with Gasteiger partial charge in [-0.3, -0.25) is 0 Å². The number of thiazole rings is 1. The molecule has 3 rings (SSSR count). The summed E-state index contributed by atoms with van der Waals surface area (Å²) in [5, 5.41) is 3.09. The number of rotatable bonds is 1. The molecule has 2 nitrogen and oxygen atoms in total. The second-order valence-electron chi connectivity index (χ2n) is 3.00. The SMILES string of the molecule is [c]1nc(-c2ccc3ccoc3c2)cs1. The monoisotopic (exact) mass is 200 g/mol. The van der Waals surface area contributed by atoms with Crippen molar-refractivity contribution in [2.45, 2.75) is 0 Å². The maximum atomic E-state index is 5.32. The van der Waals surface area contributed by atoms with E-state index in [-0.39, 0.29) is 0 Å². The molecule has 0 N–H and O–H groups in total. The minimum atomic E-state index is 0.899. The highest BCUT2D eigenvalue weighted by atomic mass is 32.1. The van der Waals surface area contributed by atoms with E-state index < -0.39 is 0 Å². The van der Waals surface area contributed by atoms with E-state index in [1.54, 1.807) is 6.26 Å². The Morgan fingerprint density at radius 2 is 2.29 bits per heavy atom. The van der Waals surface area contributed by atoms with Gasteiger partial charge in [0.25, 0.3) is 0 Å². The molecule has 2 heterocycles. The molecular weight excluding hydrogens is 194 g/mol. The lowest BCUT2D eigenvalue weighted by Crippen LogP contribution is -1.75. The van der Waals surface area contributed by atoms with Crippen LogP contribution in [0.3, 0.4) is 0 Å². The molecule has 0 atom stereocenters. The second-order valence-corrected chi connectivity index (χ2v) is 3.65. The molecule has 0 aliphatic rings. The fourth-order valence-electron chi connectivity index (χ4n) is 1.43. The second kappa shape index (κ2) is 2.96. The standard InChI is InChI=1S/C11H6NOS/c1-2-9(10-6-14-7-12-10)5-11-8(1)3-4-13-11/h1-6H. The molecule has 0 saturated carbocycles. The highest BCUT2D eigenvalue weighted by molar-refractivity contribution is 7.07. The average molecular weight is 200 g/mol. The molecule has 1 radical (unpaired) electrons. The summed E-state index contributed by atoms with van der Waals surface area (Å²) in [6.07, 6.45) is 1.70. The Labute approximate surface area is 84.8 Å². The number of furan rings is 1. The zero-order chi connectivity index (χ0) is 9.38. The third-order valence-electron chi connectivity index (χ3n) is 2.14. The zero-order valence-electron chi connectivity index (χ0n) is 7.23. The number of benzene rings is 1. The van der Waals surface area contributed by atoms with Crippen molar-refractivity contribution in [2.24, 2.45) is 0 Å². The van der Waals surface area contributed by atoms with Crippen LogP contribution in [0.15, 0.2) is 40.3 Å². The molecule has 3 heteroatoms. The van der Waals surface area contributed by atoms with Gasteiger partial charge in [0.15, 0.2) is 5.51 Å². The zero-order valence-corrected chi connectivity index (χ0v) is 8.04. The van der Waals surface area contributed by atoms with Gasteiger partial charge in [-0.05, 0) is 12.1 Å². The van der Waals surface area contributed by atoms with Crippen molar-refractivity contribution in [2.75, 3.05) is 0 Å². The molecule has 0 aliphatic carbocycles. The van der Waals surface area contributed by atoms with Crippen LogP contribution in [-0.2, 0) is 0 Å². The molecule has 0 fully saturated rings. The number of nitrogens with zero attached hydrogens (tertiary/aromatic N) is 1. The molecule has 0 bridgehead atoms. The van der Waals surface area contributed by atoms with Gasteiger partial charge in [-0.15, -0.1) is 11.3 Å². The van der Waals surface area contributed by atoms with Gasteiger partial charge in [0.2, 0.25) is 0 Å². The van der Waals surface area contributed by atoms with Gasteiger partial charge >= 0.3 is 0 Å². The molecule has 14 heavy (non-hydrogen) atoms. The van der Waals surface area contributed by atoms with Crippen molar-refractivity contribution in [1.82, 2.24) is 4.98 Å². The van der Waals surface area contributed by atoms with Crippen molar-refractivity contribution in [1.29, 1.82) is 0 Å². The molecule has 0 aliphatic heterocycles. The molecule has 0 saturated heterocycles. The molecule has 67 valence electrons. The summed E-state index contributed by atoms with van der Waals surface area (Å²) in [6.45, 7) is 0. The molecule has 2 aromatic heterocycles. The van der Waals surface area contributed by atoms with E-state index in [0.717, 1.165) is 22.2 Å². The summed E-state index contributed by atoms with van der Waals surface area (Å²) >= 11 is 1.48. The van der Waals surface area contributed by atoms with Crippen molar-refractivity contribution in [3.63, 3.8) is 0 Å². The van der Waals surface area contributed by atoms with Crippen LogP contribution in [0.2, 0.25) is 0 Å². The lowest BCUT2D eigenvalue weighted by Gasteiger charge is -1.95. The molecule has 3 aromatic rings. The van der Waals surface area contributed by atoms with Crippen LogP contribution >= 0.6 is 11.3 Å². The summed E-state index contributed by atoms with van der Waals surface area (Å²) in [7, 11) is 0. The number of aromatic nitrogens is 1. The quantitative estimate of drug-likeness (QED) is 0.602. The lowest BCUT2D eigenvalue weighted by atomic mass is 10.1. The highest BCUT2D eigenvalue weighted by Gasteiger charge is 2.02. The highest BCUT2D eigenvalue weighted by Crippen LogP contribution is 2.24. The number of fused-ring (bicyclic) bond motifs is 1. The Balaban J connectivity index is 2.23. The first-order chi connectivity index (χ1) is 6.93. The van der Waals surface area contributed by atoms with E-state index in [2.05, 4.69) is 10.5 Å².